The summed E-state index contributed by atoms with van der Waals surface area (Å²) in [5.41, 5.74) is 1.92. The lowest BCUT2D eigenvalue weighted by atomic mass is 10.0. The van der Waals surface area contributed by atoms with Crippen molar-refractivity contribution in [3.05, 3.63) is 34.9 Å². The molecule has 2 heterocycles. The van der Waals surface area contributed by atoms with Gasteiger partial charge in [-0.2, -0.15) is 0 Å². The van der Waals surface area contributed by atoms with Crippen molar-refractivity contribution in [3.8, 4) is 0 Å². The molecule has 2 atom stereocenters. The Morgan fingerprint density at radius 1 is 1.27 bits per heavy atom. The van der Waals surface area contributed by atoms with E-state index in [-0.39, 0.29) is 10.8 Å². The molecule has 0 radical (unpaired) electrons. The predicted octanol–water partition coefficient (Wildman–Crippen LogP) is 4.09. The van der Waals surface area contributed by atoms with E-state index < -0.39 is 11.0 Å². The highest BCUT2D eigenvalue weighted by Gasteiger charge is 2.24. The fourth-order valence-electron chi connectivity index (χ4n) is 2.21. The molecule has 0 aliphatic rings. The zero-order valence-electron chi connectivity index (χ0n) is 13.6. The topological polar surface area (TPSA) is 54.9 Å². The van der Waals surface area contributed by atoms with Crippen molar-refractivity contribution in [3.63, 3.8) is 0 Å². The van der Waals surface area contributed by atoms with Gasteiger partial charge in [-0.05, 0) is 51.1 Å². The summed E-state index contributed by atoms with van der Waals surface area (Å²) in [5.74, 6) is 0. The van der Waals surface area contributed by atoms with Gasteiger partial charge in [-0.3, -0.25) is 4.98 Å². The first-order chi connectivity index (χ1) is 10.2. The molecule has 6 heteroatoms. The molecule has 0 aliphatic heterocycles. The minimum absolute atomic E-state index is 0.0471. The van der Waals surface area contributed by atoms with Crippen LogP contribution in [-0.4, -0.2) is 18.9 Å². The van der Waals surface area contributed by atoms with Crippen LogP contribution in [0.4, 0.5) is 0 Å². The summed E-state index contributed by atoms with van der Waals surface area (Å²) in [6, 6.07) is 1.81. The zero-order valence-corrected chi connectivity index (χ0v) is 15.2. The molecule has 120 valence electrons. The van der Waals surface area contributed by atoms with Crippen LogP contribution in [0.25, 0.3) is 10.8 Å². The Morgan fingerprint density at radius 3 is 2.55 bits per heavy atom. The number of halogens is 1. The maximum absolute atomic E-state index is 12.4. The van der Waals surface area contributed by atoms with Crippen LogP contribution in [-0.2, 0) is 11.0 Å². The minimum Gasteiger partial charge on any atom is -0.261 e. The van der Waals surface area contributed by atoms with E-state index in [1.807, 2.05) is 40.0 Å². The molecule has 22 heavy (non-hydrogen) atoms. The Hall–Kier alpha value is -1.04. The van der Waals surface area contributed by atoms with Gasteiger partial charge in [0.2, 0.25) is 0 Å². The van der Waals surface area contributed by atoms with Crippen LogP contribution in [0.1, 0.15) is 51.4 Å². The van der Waals surface area contributed by atoms with Gasteiger partial charge >= 0.3 is 0 Å². The molecule has 0 fully saturated rings. The number of hydrogen-bond acceptors (Lipinski definition) is 3. The number of fused-ring (bicyclic) bond motifs is 1. The van der Waals surface area contributed by atoms with E-state index in [1.54, 1.807) is 6.20 Å². The van der Waals surface area contributed by atoms with Crippen LogP contribution in [0.3, 0.4) is 0 Å². The van der Waals surface area contributed by atoms with Gasteiger partial charge in [-0.1, -0.05) is 18.5 Å². The molecule has 0 saturated heterocycles. The summed E-state index contributed by atoms with van der Waals surface area (Å²) >= 11 is 6.06. The van der Waals surface area contributed by atoms with Gasteiger partial charge in [-0.15, -0.1) is 0 Å². The number of aryl methyl sites for hydroxylation is 1. The fraction of sp³-hybridized carbons (Fsp3) is 0.500. The monoisotopic (exact) mass is 339 g/mol. The third kappa shape index (κ3) is 3.65. The number of nitrogens with zero attached hydrogens (tertiary/aromatic N) is 2. The van der Waals surface area contributed by atoms with E-state index in [1.165, 1.54) is 0 Å². The van der Waals surface area contributed by atoms with Gasteiger partial charge in [0.25, 0.3) is 0 Å². The Morgan fingerprint density at radius 2 is 1.95 bits per heavy atom. The predicted molar refractivity (Wildman–Crippen MR) is 93.3 cm³/mol. The van der Waals surface area contributed by atoms with Crippen molar-refractivity contribution in [2.45, 2.75) is 51.8 Å². The standard InChI is InChI=1S/C16H22ClN3OS/c1-6-14(20-22(21)16(3,4)5)13-9-18-10(2)12-8-19-15(17)7-11(12)13/h7-9,14,20H,6H2,1-5H3/t14-,22?/m1/s1. The summed E-state index contributed by atoms with van der Waals surface area (Å²) in [7, 11) is -1.15. The van der Waals surface area contributed by atoms with Crippen LogP contribution in [0, 0.1) is 6.92 Å². The first kappa shape index (κ1) is 17.3. The van der Waals surface area contributed by atoms with Gasteiger partial charge in [0.15, 0.2) is 0 Å². The van der Waals surface area contributed by atoms with E-state index in [0.29, 0.717) is 5.15 Å². The molecule has 1 N–H and O–H groups in total. The Bertz CT molecular complexity index is 712. The molecule has 2 aromatic heterocycles. The van der Waals surface area contributed by atoms with Crippen LogP contribution in [0.15, 0.2) is 18.5 Å². The van der Waals surface area contributed by atoms with Crippen molar-refractivity contribution in [1.29, 1.82) is 0 Å². The number of hydrogen-bond donors (Lipinski definition) is 1. The first-order valence-corrected chi connectivity index (χ1v) is 8.85. The third-order valence-corrected chi connectivity index (χ3v) is 5.38. The lowest BCUT2D eigenvalue weighted by molar-refractivity contribution is 0.590. The largest absolute Gasteiger partial charge is 0.261 e. The van der Waals surface area contributed by atoms with Crippen LogP contribution in [0.5, 0.6) is 0 Å². The summed E-state index contributed by atoms with van der Waals surface area (Å²) in [6.45, 7) is 9.87. The van der Waals surface area contributed by atoms with E-state index in [9.17, 15) is 4.21 Å². The highest BCUT2D eigenvalue weighted by atomic mass is 35.5. The van der Waals surface area contributed by atoms with Gasteiger partial charge in [0.1, 0.15) is 5.15 Å². The molecule has 0 saturated carbocycles. The second-order valence-corrected chi connectivity index (χ2v) is 8.70. The molecule has 1 unspecified atom stereocenters. The molecule has 0 amide bonds. The normalized spacial score (nSPS) is 15.0. The Kier molecular flexibility index (Phi) is 5.20. The average molecular weight is 340 g/mol. The fourth-order valence-corrected chi connectivity index (χ4v) is 3.28. The molecule has 0 aliphatic carbocycles. The van der Waals surface area contributed by atoms with E-state index in [4.69, 9.17) is 11.6 Å². The van der Waals surface area contributed by atoms with E-state index in [2.05, 4.69) is 21.6 Å². The Balaban J connectivity index is 2.50. The number of rotatable bonds is 4. The van der Waals surface area contributed by atoms with Crippen LogP contribution < -0.4 is 4.72 Å². The molecular formula is C16H22ClN3OS. The maximum atomic E-state index is 12.4. The molecular weight excluding hydrogens is 318 g/mol. The molecule has 2 aromatic rings. The lowest BCUT2D eigenvalue weighted by Crippen LogP contribution is -2.35. The second-order valence-electron chi connectivity index (χ2n) is 6.31. The SMILES string of the molecule is CC[C@@H](NS(=O)C(C)(C)C)c1cnc(C)c2cnc(Cl)cc12. The van der Waals surface area contributed by atoms with Gasteiger partial charge in [0.05, 0.1) is 15.7 Å². The molecule has 0 spiro atoms. The average Bonchev–Trinajstić information content (AvgIpc) is 2.44. The zero-order chi connectivity index (χ0) is 16.5. The summed E-state index contributed by atoms with van der Waals surface area (Å²) in [5, 5.41) is 2.44. The van der Waals surface area contributed by atoms with Crippen molar-refractivity contribution < 1.29 is 4.21 Å². The first-order valence-electron chi connectivity index (χ1n) is 7.32. The summed E-state index contributed by atoms with van der Waals surface area (Å²) < 4.78 is 15.3. The van der Waals surface area contributed by atoms with Crippen LogP contribution in [0.2, 0.25) is 5.15 Å². The summed E-state index contributed by atoms with van der Waals surface area (Å²) in [6.07, 6.45) is 4.40. The number of pyridine rings is 2. The number of nitrogens with one attached hydrogen (secondary N) is 1. The van der Waals surface area contributed by atoms with Crippen molar-refractivity contribution in [1.82, 2.24) is 14.7 Å². The second kappa shape index (κ2) is 6.60. The smallest absolute Gasteiger partial charge is 0.129 e. The van der Waals surface area contributed by atoms with E-state index in [0.717, 1.165) is 28.5 Å². The Labute approximate surface area is 139 Å². The van der Waals surface area contributed by atoms with Crippen molar-refractivity contribution >= 4 is 33.4 Å². The lowest BCUT2D eigenvalue weighted by Gasteiger charge is -2.24. The summed E-state index contributed by atoms with van der Waals surface area (Å²) in [4.78, 5) is 8.59. The van der Waals surface area contributed by atoms with Crippen molar-refractivity contribution in [2.24, 2.45) is 0 Å². The van der Waals surface area contributed by atoms with E-state index >= 15 is 0 Å². The molecule has 0 aromatic carbocycles. The quantitative estimate of drug-likeness (QED) is 0.853. The molecule has 2 rings (SSSR count). The minimum atomic E-state index is -1.15. The van der Waals surface area contributed by atoms with Crippen LogP contribution >= 0.6 is 11.6 Å². The highest BCUT2D eigenvalue weighted by molar-refractivity contribution is 7.84. The van der Waals surface area contributed by atoms with Gasteiger partial charge in [-0.25, -0.2) is 13.9 Å². The highest BCUT2D eigenvalue weighted by Crippen LogP contribution is 2.29. The van der Waals surface area contributed by atoms with Crippen molar-refractivity contribution in [2.75, 3.05) is 0 Å². The van der Waals surface area contributed by atoms with Gasteiger partial charge < -0.3 is 0 Å². The molecule has 4 nitrogen and oxygen atoms in total. The number of aromatic nitrogens is 2. The maximum Gasteiger partial charge on any atom is 0.129 e. The molecule has 0 bridgehead atoms. The van der Waals surface area contributed by atoms with Gasteiger partial charge in [0, 0.05) is 29.5 Å². The third-order valence-electron chi connectivity index (χ3n) is 3.56.